The zero-order chi connectivity index (χ0) is 15.1. The van der Waals surface area contributed by atoms with Crippen LogP contribution in [0, 0.1) is 0 Å². The molecule has 2 atom stereocenters. The van der Waals surface area contributed by atoms with Crippen LogP contribution in [0.25, 0.3) is 0 Å². The molecule has 2 unspecified atom stereocenters. The smallest absolute Gasteiger partial charge is 0.118 e. The fourth-order valence-electron chi connectivity index (χ4n) is 2.00. The molecule has 3 nitrogen and oxygen atoms in total. The van der Waals surface area contributed by atoms with Crippen molar-refractivity contribution in [3.05, 3.63) is 60.2 Å². The Labute approximate surface area is 130 Å². The molecule has 21 heavy (non-hydrogen) atoms. The number of ether oxygens (including phenoxy) is 1. The third kappa shape index (κ3) is 5.08. The maximum Gasteiger partial charge on any atom is 0.118 e. The molecule has 2 aromatic carbocycles. The monoisotopic (exact) mass is 303 g/mol. The lowest BCUT2D eigenvalue weighted by atomic mass is 10.0. The van der Waals surface area contributed by atoms with Crippen LogP contribution in [0.15, 0.2) is 59.5 Å². The van der Waals surface area contributed by atoms with E-state index in [1.54, 1.807) is 18.9 Å². The number of benzene rings is 2. The Bertz CT molecular complexity index is 530. The first kappa shape index (κ1) is 15.9. The van der Waals surface area contributed by atoms with Crippen molar-refractivity contribution in [2.24, 2.45) is 5.73 Å². The second-order valence-electron chi connectivity index (χ2n) is 4.91. The molecule has 0 aliphatic carbocycles. The summed E-state index contributed by atoms with van der Waals surface area (Å²) in [5.41, 5.74) is 7.23. The highest BCUT2D eigenvalue weighted by Crippen LogP contribution is 2.22. The summed E-state index contributed by atoms with van der Waals surface area (Å²) in [6, 6.07) is 17.6. The highest BCUT2D eigenvalue weighted by molar-refractivity contribution is 7.99. The molecule has 0 saturated carbocycles. The number of nitrogens with two attached hydrogens (primary N) is 1. The largest absolute Gasteiger partial charge is 0.497 e. The lowest BCUT2D eigenvalue weighted by Gasteiger charge is -2.18. The van der Waals surface area contributed by atoms with Gasteiger partial charge in [0.15, 0.2) is 0 Å². The molecule has 4 heteroatoms. The van der Waals surface area contributed by atoms with Gasteiger partial charge in [-0.3, -0.25) is 0 Å². The van der Waals surface area contributed by atoms with Gasteiger partial charge in [-0.2, -0.15) is 0 Å². The van der Waals surface area contributed by atoms with E-state index in [2.05, 4.69) is 0 Å². The molecular formula is C17H21NO2S. The van der Waals surface area contributed by atoms with Crippen molar-refractivity contribution in [3.63, 3.8) is 0 Å². The highest BCUT2D eigenvalue weighted by atomic mass is 32.2. The fraction of sp³-hybridized carbons (Fsp3) is 0.294. The molecule has 2 aromatic rings. The number of thioether (sulfide) groups is 1. The normalized spacial score (nSPS) is 13.7. The highest BCUT2D eigenvalue weighted by Gasteiger charge is 2.15. The van der Waals surface area contributed by atoms with Crippen LogP contribution < -0.4 is 10.5 Å². The summed E-state index contributed by atoms with van der Waals surface area (Å²) < 4.78 is 5.12. The average Bonchev–Trinajstić information content (AvgIpc) is 2.54. The zero-order valence-corrected chi connectivity index (χ0v) is 12.9. The van der Waals surface area contributed by atoms with E-state index in [4.69, 9.17) is 10.5 Å². The van der Waals surface area contributed by atoms with Gasteiger partial charge in [0.25, 0.3) is 0 Å². The molecule has 3 N–H and O–H groups in total. The molecule has 112 valence electrons. The summed E-state index contributed by atoms with van der Waals surface area (Å²) >= 11 is 1.60. The molecule has 0 saturated heterocycles. The Hall–Kier alpha value is -1.49. The van der Waals surface area contributed by atoms with Gasteiger partial charge >= 0.3 is 0 Å². The van der Waals surface area contributed by atoms with Gasteiger partial charge in [0, 0.05) is 16.7 Å². The van der Waals surface area contributed by atoms with Gasteiger partial charge in [0.1, 0.15) is 5.75 Å². The molecule has 0 bridgehead atoms. The summed E-state index contributed by atoms with van der Waals surface area (Å²) in [6.45, 7) is 0. The standard InChI is InChI=1S/C17H21NO2S/c1-20-14-7-9-15(10-8-14)21-12-17(19)16(18)11-13-5-3-2-4-6-13/h2-10,16-17,19H,11-12,18H2,1H3. The minimum Gasteiger partial charge on any atom is -0.497 e. The second kappa shape index (κ2) is 8.08. The van der Waals surface area contributed by atoms with Crippen LogP contribution in [0.2, 0.25) is 0 Å². The third-order valence-electron chi connectivity index (χ3n) is 3.29. The maximum absolute atomic E-state index is 10.2. The molecule has 0 aromatic heterocycles. The molecule has 0 heterocycles. The second-order valence-corrected chi connectivity index (χ2v) is 6.00. The molecule has 0 radical (unpaired) electrons. The quantitative estimate of drug-likeness (QED) is 0.772. The third-order valence-corrected chi connectivity index (χ3v) is 4.40. The van der Waals surface area contributed by atoms with E-state index in [9.17, 15) is 5.11 Å². The Morgan fingerprint density at radius 3 is 2.38 bits per heavy atom. The lowest BCUT2D eigenvalue weighted by molar-refractivity contribution is 0.167. The number of rotatable bonds is 7. The molecule has 0 spiro atoms. The first-order valence-electron chi connectivity index (χ1n) is 6.93. The topological polar surface area (TPSA) is 55.5 Å². The Kier molecular flexibility index (Phi) is 6.11. The van der Waals surface area contributed by atoms with E-state index in [0.717, 1.165) is 16.2 Å². The maximum atomic E-state index is 10.2. The van der Waals surface area contributed by atoms with E-state index >= 15 is 0 Å². The van der Waals surface area contributed by atoms with Gasteiger partial charge in [0.2, 0.25) is 0 Å². The molecule has 0 fully saturated rings. The van der Waals surface area contributed by atoms with Crippen molar-refractivity contribution in [2.75, 3.05) is 12.9 Å². The van der Waals surface area contributed by atoms with Gasteiger partial charge in [-0.1, -0.05) is 30.3 Å². The molecule has 0 aliphatic rings. The Balaban J connectivity index is 1.81. The number of methoxy groups -OCH3 is 1. The molecule has 0 amide bonds. The number of hydrogen-bond donors (Lipinski definition) is 2. The van der Waals surface area contributed by atoms with E-state index in [1.165, 1.54) is 0 Å². The molecular weight excluding hydrogens is 282 g/mol. The molecule has 0 aliphatic heterocycles. The predicted molar refractivity (Wildman–Crippen MR) is 87.8 cm³/mol. The van der Waals surface area contributed by atoms with Gasteiger partial charge < -0.3 is 15.6 Å². The van der Waals surface area contributed by atoms with Crippen molar-refractivity contribution < 1.29 is 9.84 Å². The van der Waals surface area contributed by atoms with Gasteiger partial charge in [-0.05, 0) is 36.2 Å². The van der Waals surface area contributed by atoms with Crippen LogP contribution in [0.3, 0.4) is 0 Å². The van der Waals surface area contributed by atoms with Crippen LogP contribution in [-0.2, 0) is 6.42 Å². The summed E-state index contributed by atoms with van der Waals surface area (Å²) in [5.74, 6) is 1.42. The summed E-state index contributed by atoms with van der Waals surface area (Å²) in [6.07, 6.45) is 0.155. The van der Waals surface area contributed by atoms with Gasteiger partial charge in [-0.25, -0.2) is 0 Å². The van der Waals surface area contributed by atoms with Gasteiger partial charge in [-0.15, -0.1) is 11.8 Å². The first-order valence-corrected chi connectivity index (χ1v) is 7.92. The van der Waals surface area contributed by atoms with Crippen molar-refractivity contribution in [1.82, 2.24) is 0 Å². The van der Waals surface area contributed by atoms with Crippen molar-refractivity contribution in [1.29, 1.82) is 0 Å². The van der Waals surface area contributed by atoms with Crippen LogP contribution in [0.4, 0.5) is 0 Å². The van der Waals surface area contributed by atoms with E-state index < -0.39 is 6.10 Å². The van der Waals surface area contributed by atoms with Crippen LogP contribution in [0.1, 0.15) is 5.56 Å². The SMILES string of the molecule is COc1ccc(SCC(O)C(N)Cc2ccccc2)cc1. The minimum atomic E-state index is -0.530. The predicted octanol–water partition coefficient (Wildman–Crippen LogP) is 2.72. The zero-order valence-electron chi connectivity index (χ0n) is 12.1. The van der Waals surface area contributed by atoms with E-state index in [-0.39, 0.29) is 6.04 Å². The van der Waals surface area contributed by atoms with Crippen molar-refractivity contribution in [2.45, 2.75) is 23.5 Å². The van der Waals surface area contributed by atoms with E-state index in [0.29, 0.717) is 12.2 Å². The fourth-order valence-corrected chi connectivity index (χ4v) is 2.94. The van der Waals surface area contributed by atoms with Crippen molar-refractivity contribution >= 4 is 11.8 Å². The summed E-state index contributed by atoms with van der Waals surface area (Å²) in [7, 11) is 1.65. The van der Waals surface area contributed by atoms with Crippen LogP contribution >= 0.6 is 11.8 Å². The summed E-state index contributed by atoms with van der Waals surface area (Å²) in [5, 5.41) is 10.2. The van der Waals surface area contributed by atoms with Crippen LogP contribution in [0.5, 0.6) is 5.75 Å². The Morgan fingerprint density at radius 2 is 1.76 bits per heavy atom. The molecule has 2 rings (SSSR count). The first-order chi connectivity index (χ1) is 10.2. The van der Waals surface area contributed by atoms with Crippen molar-refractivity contribution in [3.8, 4) is 5.75 Å². The Morgan fingerprint density at radius 1 is 1.10 bits per heavy atom. The minimum absolute atomic E-state index is 0.252. The lowest BCUT2D eigenvalue weighted by Crippen LogP contribution is -2.38. The average molecular weight is 303 g/mol. The number of aliphatic hydroxyl groups is 1. The summed E-state index contributed by atoms with van der Waals surface area (Å²) in [4.78, 5) is 1.10. The van der Waals surface area contributed by atoms with Gasteiger partial charge in [0.05, 0.1) is 13.2 Å². The van der Waals surface area contributed by atoms with E-state index in [1.807, 2.05) is 54.6 Å². The van der Waals surface area contributed by atoms with Crippen LogP contribution in [-0.4, -0.2) is 30.1 Å². The number of aliphatic hydroxyl groups excluding tert-OH is 1. The number of hydrogen-bond acceptors (Lipinski definition) is 4.